The van der Waals surface area contributed by atoms with Crippen LogP contribution in [0.2, 0.25) is 0 Å². The summed E-state index contributed by atoms with van der Waals surface area (Å²) >= 11 is 0. The predicted octanol–water partition coefficient (Wildman–Crippen LogP) is 0.545. The first kappa shape index (κ1) is 16.5. The number of rotatable bonds is 4. The summed E-state index contributed by atoms with van der Waals surface area (Å²) in [5.41, 5.74) is 7.10. The summed E-state index contributed by atoms with van der Waals surface area (Å²) in [6.45, 7) is 1.19. The highest BCUT2D eigenvalue weighted by atomic mass is 32.2. The third kappa shape index (κ3) is 3.57. The van der Waals surface area contributed by atoms with Gasteiger partial charge in [0.2, 0.25) is 10.0 Å². The van der Waals surface area contributed by atoms with E-state index in [0.29, 0.717) is 30.0 Å². The third-order valence-corrected chi connectivity index (χ3v) is 5.69. The zero-order valence-corrected chi connectivity index (χ0v) is 13.8. The summed E-state index contributed by atoms with van der Waals surface area (Å²) in [4.78, 5) is 14.1. The molecule has 9 heteroatoms. The smallest absolute Gasteiger partial charge is 0.254 e. The van der Waals surface area contributed by atoms with Crippen LogP contribution in [-0.2, 0) is 15.8 Å². The zero-order valence-electron chi connectivity index (χ0n) is 13.0. The molecule has 0 unspecified atom stereocenters. The number of piperazine rings is 1. The van der Waals surface area contributed by atoms with Crippen molar-refractivity contribution in [3.05, 3.63) is 47.9 Å². The van der Waals surface area contributed by atoms with Crippen LogP contribution >= 0.6 is 0 Å². The molecule has 0 saturated carbocycles. The van der Waals surface area contributed by atoms with Gasteiger partial charge in [-0.15, -0.1) is 0 Å². The molecular formula is C15H18N4O4S. The number of amides is 1. The molecule has 0 atom stereocenters. The van der Waals surface area contributed by atoms with Crippen LogP contribution in [0.5, 0.6) is 0 Å². The van der Waals surface area contributed by atoms with Crippen molar-refractivity contribution in [3.63, 3.8) is 0 Å². The Hall–Kier alpha value is -2.39. The van der Waals surface area contributed by atoms with Crippen LogP contribution in [0.1, 0.15) is 16.1 Å². The Morgan fingerprint density at radius 2 is 1.96 bits per heavy atom. The van der Waals surface area contributed by atoms with Gasteiger partial charge in [-0.2, -0.15) is 4.31 Å². The molecule has 24 heavy (non-hydrogen) atoms. The van der Waals surface area contributed by atoms with Gasteiger partial charge >= 0.3 is 0 Å². The van der Waals surface area contributed by atoms with E-state index in [2.05, 4.69) is 9.68 Å². The Labute approximate surface area is 139 Å². The Morgan fingerprint density at radius 1 is 1.21 bits per heavy atom. The number of aromatic nitrogens is 1. The summed E-state index contributed by atoms with van der Waals surface area (Å²) < 4.78 is 30.8. The first-order valence-electron chi connectivity index (χ1n) is 7.47. The first-order chi connectivity index (χ1) is 11.5. The molecule has 2 aromatic rings. The van der Waals surface area contributed by atoms with E-state index in [1.165, 1.54) is 16.6 Å². The molecule has 3 rings (SSSR count). The molecule has 1 aromatic heterocycles. The molecule has 1 aromatic carbocycles. The standard InChI is InChI=1S/C15H18N4O4S/c16-13-3-1-2-12(10-13)15(20)18-5-7-19(8-6-18)24(21,22)11-14-4-9-23-17-14/h1-4,9-10H,5-8,11,16H2. The molecule has 0 spiro atoms. The number of nitrogens with zero attached hydrogens (tertiary/aromatic N) is 3. The fourth-order valence-electron chi connectivity index (χ4n) is 2.61. The molecule has 2 N–H and O–H groups in total. The van der Waals surface area contributed by atoms with Crippen LogP contribution in [0.4, 0.5) is 5.69 Å². The number of carbonyl (C=O) groups is 1. The van der Waals surface area contributed by atoms with Gasteiger partial charge < -0.3 is 15.2 Å². The normalized spacial score (nSPS) is 16.2. The lowest BCUT2D eigenvalue weighted by Gasteiger charge is -2.34. The molecule has 0 bridgehead atoms. The van der Waals surface area contributed by atoms with Crippen molar-refractivity contribution in [1.82, 2.24) is 14.4 Å². The molecule has 0 radical (unpaired) electrons. The van der Waals surface area contributed by atoms with Gasteiger partial charge in [-0.3, -0.25) is 4.79 Å². The van der Waals surface area contributed by atoms with E-state index in [1.807, 2.05) is 0 Å². The maximum absolute atomic E-state index is 12.4. The number of benzene rings is 1. The van der Waals surface area contributed by atoms with Crippen LogP contribution < -0.4 is 5.73 Å². The van der Waals surface area contributed by atoms with Crippen molar-refractivity contribution >= 4 is 21.6 Å². The molecule has 8 nitrogen and oxygen atoms in total. The van der Waals surface area contributed by atoms with Gasteiger partial charge in [0.05, 0.1) is 5.69 Å². The third-order valence-electron chi connectivity index (χ3n) is 3.87. The number of nitrogen functional groups attached to an aromatic ring is 1. The van der Waals surface area contributed by atoms with Gasteiger partial charge in [-0.05, 0) is 18.2 Å². The lowest BCUT2D eigenvalue weighted by atomic mass is 10.1. The SMILES string of the molecule is Nc1cccc(C(=O)N2CCN(S(=O)(=O)Cc3ccon3)CC2)c1. The first-order valence-corrected chi connectivity index (χ1v) is 9.08. The summed E-state index contributed by atoms with van der Waals surface area (Å²) in [5.74, 6) is -0.344. The molecule has 0 aliphatic carbocycles. The molecule has 1 amide bonds. The molecule has 2 heterocycles. The van der Waals surface area contributed by atoms with E-state index >= 15 is 0 Å². The van der Waals surface area contributed by atoms with Gasteiger partial charge in [0.1, 0.15) is 12.0 Å². The fraction of sp³-hybridized carbons (Fsp3) is 0.333. The molecule has 1 saturated heterocycles. The second-order valence-electron chi connectivity index (χ2n) is 5.56. The number of hydrogen-bond acceptors (Lipinski definition) is 6. The van der Waals surface area contributed by atoms with Gasteiger partial charge in [0, 0.05) is 43.5 Å². The van der Waals surface area contributed by atoms with E-state index in [-0.39, 0.29) is 24.7 Å². The van der Waals surface area contributed by atoms with Crippen molar-refractivity contribution in [1.29, 1.82) is 0 Å². The Balaban J connectivity index is 1.62. The second kappa shape index (κ2) is 6.62. The lowest BCUT2D eigenvalue weighted by Crippen LogP contribution is -2.50. The Kier molecular flexibility index (Phi) is 4.54. The molecule has 1 aliphatic heterocycles. The average Bonchev–Trinajstić information content (AvgIpc) is 3.06. The lowest BCUT2D eigenvalue weighted by molar-refractivity contribution is 0.0698. The highest BCUT2D eigenvalue weighted by Crippen LogP contribution is 2.15. The summed E-state index contributed by atoms with van der Waals surface area (Å²) in [5, 5.41) is 3.63. The minimum absolute atomic E-state index is 0.143. The maximum Gasteiger partial charge on any atom is 0.254 e. The Bertz CT molecular complexity index is 812. The van der Waals surface area contributed by atoms with Crippen LogP contribution in [0.25, 0.3) is 0 Å². The van der Waals surface area contributed by atoms with Crippen molar-refractivity contribution in [2.45, 2.75) is 5.75 Å². The number of carbonyl (C=O) groups excluding carboxylic acids is 1. The Morgan fingerprint density at radius 3 is 2.58 bits per heavy atom. The molecule has 128 valence electrons. The van der Waals surface area contributed by atoms with Crippen molar-refractivity contribution in [2.75, 3.05) is 31.9 Å². The zero-order chi connectivity index (χ0) is 17.2. The highest BCUT2D eigenvalue weighted by molar-refractivity contribution is 7.88. The minimum atomic E-state index is -3.47. The van der Waals surface area contributed by atoms with E-state index in [0.717, 1.165) is 0 Å². The van der Waals surface area contributed by atoms with E-state index in [9.17, 15) is 13.2 Å². The highest BCUT2D eigenvalue weighted by Gasteiger charge is 2.29. The monoisotopic (exact) mass is 350 g/mol. The maximum atomic E-state index is 12.4. The van der Waals surface area contributed by atoms with E-state index in [4.69, 9.17) is 5.73 Å². The summed E-state index contributed by atoms with van der Waals surface area (Å²) in [6, 6.07) is 8.28. The largest absolute Gasteiger partial charge is 0.399 e. The second-order valence-corrected chi connectivity index (χ2v) is 7.53. The van der Waals surface area contributed by atoms with Crippen LogP contribution in [0.15, 0.2) is 41.1 Å². The van der Waals surface area contributed by atoms with Crippen LogP contribution in [0.3, 0.4) is 0 Å². The molecule has 1 fully saturated rings. The minimum Gasteiger partial charge on any atom is -0.399 e. The summed E-state index contributed by atoms with van der Waals surface area (Å²) in [7, 11) is -3.47. The van der Waals surface area contributed by atoms with Crippen LogP contribution in [0, 0.1) is 0 Å². The predicted molar refractivity (Wildman–Crippen MR) is 87.5 cm³/mol. The number of nitrogens with two attached hydrogens (primary N) is 1. The van der Waals surface area contributed by atoms with Crippen LogP contribution in [-0.4, -0.2) is 54.9 Å². The quantitative estimate of drug-likeness (QED) is 0.806. The van der Waals surface area contributed by atoms with Gasteiger partial charge in [0.25, 0.3) is 5.91 Å². The van der Waals surface area contributed by atoms with Crippen molar-refractivity contribution in [2.24, 2.45) is 0 Å². The van der Waals surface area contributed by atoms with Crippen molar-refractivity contribution in [3.8, 4) is 0 Å². The van der Waals surface area contributed by atoms with Gasteiger partial charge in [-0.25, -0.2) is 8.42 Å². The van der Waals surface area contributed by atoms with E-state index < -0.39 is 10.0 Å². The molecular weight excluding hydrogens is 332 g/mol. The van der Waals surface area contributed by atoms with Gasteiger partial charge in [-0.1, -0.05) is 11.2 Å². The topological polar surface area (TPSA) is 110 Å². The average molecular weight is 350 g/mol. The number of hydrogen-bond donors (Lipinski definition) is 1. The van der Waals surface area contributed by atoms with Gasteiger partial charge in [0.15, 0.2) is 0 Å². The van der Waals surface area contributed by atoms with E-state index in [1.54, 1.807) is 29.2 Å². The number of anilines is 1. The number of sulfonamides is 1. The van der Waals surface area contributed by atoms with Crippen molar-refractivity contribution < 1.29 is 17.7 Å². The fourth-order valence-corrected chi connectivity index (χ4v) is 4.04. The molecule has 1 aliphatic rings. The summed E-state index contributed by atoms with van der Waals surface area (Å²) in [6.07, 6.45) is 1.34.